The lowest BCUT2D eigenvalue weighted by Gasteiger charge is -2.14. The molecular formula is C27H24ClNO5. The van der Waals surface area contributed by atoms with Crippen LogP contribution >= 0.6 is 11.6 Å². The van der Waals surface area contributed by atoms with Crippen molar-refractivity contribution in [2.24, 2.45) is 0 Å². The fourth-order valence-corrected chi connectivity index (χ4v) is 3.94. The topological polar surface area (TPSA) is 77.8 Å². The number of benzene rings is 3. The standard InChI is InChI=1S/C27H24ClNO5/c1-15-12-16(2)25-20(13-15)24(31)27(26(34-25)18-8-10-19(32-4)11-9-18)33-14-23(30)29-22-7-5-6-21(28)17(22)3/h5-13H,14H2,1-4H3,(H,29,30). The Morgan fingerprint density at radius 2 is 1.79 bits per heavy atom. The van der Waals surface area contributed by atoms with E-state index < -0.39 is 5.91 Å². The molecule has 1 aromatic heterocycles. The number of fused-ring (bicyclic) bond motifs is 1. The van der Waals surface area contributed by atoms with Crippen LogP contribution in [0.15, 0.2) is 63.8 Å². The van der Waals surface area contributed by atoms with Gasteiger partial charge in [0.2, 0.25) is 11.2 Å². The molecule has 1 N–H and O–H groups in total. The highest BCUT2D eigenvalue weighted by molar-refractivity contribution is 6.31. The van der Waals surface area contributed by atoms with E-state index >= 15 is 0 Å². The maximum atomic E-state index is 13.5. The molecule has 0 saturated carbocycles. The minimum atomic E-state index is -0.425. The van der Waals surface area contributed by atoms with E-state index in [1.165, 1.54) is 0 Å². The van der Waals surface area contributed by atoms with Gasteiger partial charge in [-0.1, -0.05) is 23.7 Å². The number of rotatable bonds is 6. The third-order valence-corrected chi connectivity index (χ3v) is 5.93. The van der Waals surface area contributed by atoms with Crippen molar-refractivity contribution in [3.8, 4) is 22.8 Å². The van der Waals surface area contributed by atoms with Gasteiger partial charge in [-0.2, -0.15) is 0 Å². The molecule has 0 bridgehead atoms. The van der Waals surface area contributed by atoms with Gasteiger partial charge in [-0.05, 0) is 79.9 Å². The van der Waals surface area contributed by atoms with Crippen LogP contribution in [0.3, 0.4) is 0 Å². The summed E-state index contributed by atoms with van der Waals surface area (Å²) in [7, 11) is 1.58. The highest BCUT2D eigenvalue weighted by atomic mass is 35.5. The molecule has 3 aromatic carbocycles. The van der Waals surface area contributed by atoms with Crippen LogP contribution in [0.1, 0.15) is 16.7 Å². The summed E-state index contributed by atoms with van der Waals surface area (Å²) in [6.45, 7) is 5.22. The number of aryl methyl sites for hydroxylation is 2. The van der Waals surface area contributed by atoms with Gasteiger partial charge in [0.15, 0.2) is 12.4 Å². The normalized spacial score (nSPS) is 10.9. The van der Waals surface area contributed by atoms with Gasteiger partial charge >= 0.3 is 0 Å². The van der Waals surface area contributed by atoms with Crippen molar-refractivity contribution in [2.45, 2.75) is 20.8 Å². The van der Waals surface area contributed by atoms with Crippen LogP contribution < -0.4 is 20.2 Å². The van der Waals surface area contributed by atoms with Gasteiger partial charge < -0.3 is 19.2 Å². The Labute approximate surface area is 202 Å². The lowest BCUT2D eigenvalue weighted by Crippen LogP contribution is -2.23. The lowest BCUT2D eigenvalue weighted by atomic mass is 10.1. The van der Waals surface area contributed by atoms with Gasteiger partial charge in [0.1, 0.15) is 11.3 Å². The quantitative estimate of drug-likeness (QED) is 0.365. The molecule has 0 unspecified atom stereocenters. The van der Waals surface area contributed by atoms with Gasteiger partial charge in [-0.25, -0.2) is 0 Å². The van der Waals surface area contributed by atoms with Crippen molar-refractivity contribution in [3.63, 3.8) is 0 Å². The van der Waals surface area contributed by atoms with Crippen molar-refractivity contribution >= 4 is 34.2 Å². The van der Waals surface area contributed by atoms with E-state index in [1.807, 2.05) is 26.8 Å². The molecule has 0 spiro atoms. The van der Waals surface area contributed by atoms with Gasteiger partial charge in [0, 0.05) is 16.3 Å². The van der Waals surface area contributed by atoms with Crippen LogP contribution in [0, 0.1) is 20.8 Å². The number of anilines is 1. The van der Waals surface area contributed by atoms with Gasteiger partial charge in [-0.3, -0.25) is 9.59 Å². The van der Waals surface area contributed by atoms with E-state index in [0.717, 1.165) is 16.7 Å². The summed E-state index contributed by atoms with van der Waals surface area (Å²) in [6.07, 6.45) is 0. The molecular weight excluding hydrogens is 454 g/mol. The summed E-state index contributed by atoms with van der Waals surface area (Å²) in [4.78, 5) is 26.1. The monoisotopic (exact) mass is 477 g/mol. The fourth-order valence-electron chi connectivity index (χ4n) is 3.76. The SMILES string of the molecule is COc1ccc(-c2oc3c(C)cc(C)cc3c(=O)c2OCC(=O)Nc2cccc(Cl)c2C)cc1. The molecule has 0 aliphatic rings. The molecule has 4 aromatic rings. The molecule has 4 rings (SSSR count). The number of ether oxygens (including phenoxy) is 2. The molecule has 7 heteroatoms. The van der Waals surface area contributed by atoms with Gasteiger partial charge in [0.25, 0.3) is 5.91 Å². The number of hydrogen-bond donors (Lipinski definition) is 1. The highest BCUT2D eigenvalue weighted by Crippen LogP contribution is 2.33. The van der Waals surface area contributed by atoms with Crippen molar-refractivity contribution in [2.75, 3.05) is 19.0 Å². The first kappa shape index (κ1) is 23.4. The van der Waals surface area contributed by atoms with Crippen LogP contribution in [0.5, 0.6) is 11.5 Å². The third kappa shape index (κ3) is 4.63. The number of methoxy groups -OCH3 is 1. The maximum absolute atomic E-state index is 13.5. The molecule has 174 valence electrons. The van der Waals surface area contributed by atoms with Crippen LogP contribution in [-0.2, 0) is 4.79 Å². The summed E-state index contributed by atoms with van der Waals surface area (Å²) in [6, 6.07) is 16.0. The predicted molar refractivity (Wildman–Crippen MR) is 134 cm³/mol. The molecule has 1 heterocycles. The Balaban J connectivity index is 1.73. The highest BCUT2D eigenvalue weighted by Gasteiger charge is 2.20. The molecule has 0 fully saturated rings. The number of hydrogen-bond acceptors (Lipinski definition) is 5. The average molecular weight is 478 g/mol. The lowest BCUT2D eigenvalue weighted by molar-refractivity contribution is -0.118. The zero-order chi connectivity index (χ0) is 24.4. The Hall–Kier alpha value is -3.77. The molecule has 0 radical (unpaired) electrons. The Bertz CT molecular complexity index is 1440. The molecule has 0 aliphatic carbocycles. The van der Waals surface area contributed by atoms with Crippen LogP contribution in [0.2, 0.25) is 5.02 Å². The molecule has 34 heavy (non-hydrogen) atoms. The first-order valence-electron chi connectivity index (χ1n) is 10.7. The maximum Gasteiger partial charge on any atom is 0.262 e. The number of carbonyl (C=O) groups excluding carboxylic acids is 1. The first-order chi connectivity index (χ1) is 16.3. The fraction of sp³-hybridized carbons (Fsp3) is 0.185. The van der Waals surface area contributed by atoms with E-state index in [1.54, 1.807) is 55.6 Å². The second-order valence-electron chi connectivity index (χ2n) is 8.03. The average Bonchev–Trinajstić information content (AvgIpc) is 2.82. The van der Waals surface area contributed by atoms with Gasteiger partial charge in [-0.15, -0.1) is 0 Å². The van der Waals surface area contributed by atoms with Crippen LogP contribution in [0.25, 0.3) is 22.3 Å². The van der Waals surface area contributed by atoms with Crippen molar-refractivity contribution in [1.82, 2.24) is 0 Å². The Morgan fingerprint density at radius 1 is 1.06 bits per heavy atom. The molecule has 1 amide bonds. The van der Waals surface area contributed by atoms with Crippen LogP contribution in [0.4, 0.5) is 5.69 Å². The third-order valence-electron chi connectivity index (χ3n) is 5.52. The van der Waals surface area contributed by atoms with E-state index in [-0.39, 0.29) is 23.5 Å². The van der Waals surface area contributed by atoms with E-state index in [4.69, 9.17) is 25.5 Å². The number of halogens is 1. The Kier molecular flexibility index (Phi) is 6.61. The first-order valence-corrected chi connectivity index (χ1v) is 11.1. The summed E-state index contributed by atoms with van der Waals surface area (Å²) in [5, 5.41) is 3.71. The molecule has 0 saturated heterocycles. The molecule has 6 nitrogen and oxygen atoms in total. The van der Waals surface area contributed by atoms with Gasteiger partial charge in [0.05, 0.1) is 12.5 Å². The number of nitrogens with one attached hydrogen (secondary N) is 1. The largest absolute Gasteiger partial charge is 0.497 e. The minimum absolute atomic E-state index is 0.0272. The van der Waals surface area contributed by atoms with E-state index in [2.05, 4.69) is 5.32 Å². The molecule has 0 aliphatic heterocycles. The number of carbonyl (C=O) groups is 1. The molecule has 0 atom stereocenters. The zero-order valence-corrected chi connectivity index (χ0v) is 20.1. The van der Waals surface area contributed by atoms with Crippen LogP contribution in [-0.4, -0.2) is 19.6 Å². The number of amides is 1. The summed E-state index contributed by atoms with van der Waals surface area (Å²) in [5.41, 5.74) is 3.84. The van der Waals surface area contributed by atoms with E-state index in [9.17, 15) is 9.59 Å². The Morgan fingerprint density at radius 3 is 2.50 bits per heavy atom. The minimum Gasteiger partial charge on any atom is -0.497 e. The second kappa shape index (κ2) is 9.61. The van der Waals surface area contributed by atoms with E-state index in [0.29, 0.717) is 33.0 Å². The summed E-state index contributed by atoms with van der Waals surface area (Å²) < 4.78 is 17.2. The zero-order valence-electron chi connectivity index (χ0n) is 19.3. The smallest absolute Gasteiger partial charge is 0.262 e. The summed E-state index contributed by atoms with van der Waals surface area (Å²) >= 11 is 6.14. The second-order valence-corrected chi connectivity index (χ2v) is 8.43. The van der Waals surface area contributed by atoms with Crippen molar-refractivity contribution in [1.29, 1.82) is 0 Å². The predicted octanol–water partition coefficient (Wildman–Crippen LogP) is 6.06. The van der Waals surface area contributed by atoms with Crippen molar-refractivity contribution in [3.05, 3.63) is 86.5 Å². The summed E-state index contributed by atoms with van der Waals surface area (Å²) in [5.74, 6) is 0.461. The van der Waals surface area contributed by atoms with Crippen molar-refractivity contribution < 1.29 is 18.7 Å².